The Morgan fingerprint density at radius 3 is 2.67 bits per heavy atom. The molecule has 0 saturated heterocycles. The Labute approximate surface area is 75.4 Å². The van der Waals surface area contributed by atoms with Gasteiger partial charge in [0, 0.05) is 6.04 Å². The summed E-state index contributed by atoms with van der Waals surface area (Å²) in [5.74, 6) is 0.485. The average Bonchev–Trinajstić information content (AvgIpc) is 2.05. The van der Waals surface area contributed by atoms with Gasteiger partial charge in [0.2, 0.25) is 0 Å². The van der Waals surface area contributed by atoms with Crippen molar-refractivity contribution in [3.63, 3.8) is 0 Å². The molecular formula is C10H21NO. The van der Waals surface area contributed by atoms with E-state index in [0.717, 1.165) is 13.0 Å². The van der Waals surface area contributed by atoms with Gasteiger partial charge in [-0.25, -0.2) is 0 Å². The Morgan fingerprint density at radius 1 is 1.42 bits per heavy atom. The first kappa shape index (κ1) is 10.0. The molecule has 2 nitrogen and oxygen atoms in total. The van der Waals surface area contributed by atoms with Crippen molar-refractivity contribution in [3.05, 3.63) is 0 Å². The van der Waals surface area contributed by atoms with Crippen molar-refractivity contribution in [2.75, 3.05) is 6.54 Å². The van der Waals surface area contributed by atoms with E-state index >= 15 is 0 Å². The van der Waals surface area contributed by atoms with E-state index in [0.29, 0.717) is 12.0 Å². The molecule has 1 rings (SSSR count). The third-order valence-electron chi connectivity index (χ3n) is 2.95. The molecule has 1 unspecified atom stereocenters. The van der Waals surface area contributed by atoms with Crippen molar-refractivity contribution in [1.29, 1.82) is 0 Å². The zero-order valence-electron chi connectivity index (χ0n) is 8.21. The topological polar surface area (TPSA) is 32.3 Å². The highest BCUT2D eigenvalue weighted by Crippen LogP contribution is 2.26. The van der Waals surface area contributed by atoms with Crippen molar-refractivity contribution in [3.8, 4) is 0 Å². The van der Waals surface area contributed by atoms with Crippen LogP contribution in [-0.2, 0) is 0 Å². The fraction of sp³-hybridized carbons (Fsp3) is 1.00. The van der Waals surface area contributed by atoms with Crippen molar-refractivity contribution >= 4 is 0 Å². The van der Waals surface area contributed by atoms with Gasteiger partial charge in [0.05, 0.1) is 6.10 Å². The highest BCUT2D eigenvalue weighted by atomic mass is 16.3. The number of aliphatic hydroxyl groups excluding tert-OH is 1. The second-order valence-corrected chi connectivity index (χ2v) is 3.86. The van der Waals surface area contributed by atoms with Gasteiger partial charge < -0.3 is 10.4 Å². The summed E-state index contributed by atoms with van der Waals surface area (Å²) >= 11 is 0. The molecular weight excluding hydrogens is 150 g/mol. The van der Waals surface area contributed by atoms with Crippen molar-refractivity contribution in [1.82, 2.24) is 5.32 Å². The number of nitrogens with one attached hydrogen (secondary N) is 1. The number of hydrogen-bond acceptors (Lipinski definition) is 2. The van der Waals surface area contributed by atoms with E-state index in [1.807, 2.05) is 0 Å². The highest BCUT2D eigenvalue weighted by Gasteiger charge is 2.27. The minimum atomic E-state index is -0.0622. The molecule has 1 saturated carbocycles. The molecule has 2 N–H and O–H groups in total. The lowest BCUT2D eigenvalue weighted by Gasteiger charge is -2.32. The molecule has 0 bridgehead atoms. The zero-order chi connectivity index (χ0) is 8.97. The Hall–Kier alpha value is -0.0800. The normalized spacial score (nSPS) is 33.2. The van der Waals surface area contributed by atoms with E-state index < -0.39 is 0 Å². The fourth-order valence-electron chi connectivity index (χ4n) is 2.20. The van der Waals surface area contributed by atoms with Gasteiger partial charge in [-0.3, -0.25) is 0 Å². The molecule has 0 aromatic carbocycles. The maximum absolute atomic E-state index is 9.73. The Kier molecular flexibility index (Phi) is 4.02. The van der Waals surface area contributed by atoms with Gasteiger partial charge in [-0.1, -0.05) is 19.8 Å². The van der Waals surface area contributed by atoms with Crippen LogP contribution in [0.3, 0.4) is 0 Å². The van der Waals surface area contributed by atoms with Gasteiger partial charge in [0.15, 0.2) is 0 Å². The summed E-state index contributed by atoms with van der Waals surface area (Å²) in [5.41, 5.74) is 0. The minimum absolute atomic E-state index is 0.0622. The Morgan fingerprint density at radius 2 is 2.08 bits per heavy atom. The quantitative estimate of drug-likeness (QED) is 0.675. The summed E-state index contributed by atoms with van der Waals surface area (Å²) in [6.45, 7) is 5.30. The number of rotatable bonds is 3. The van der Waals surface area contributed by atoms with Gasteiger partial charge in [0.1, 0.15) is 0 Å². The van der Waals surface area contributed by atoms with E-state index in [9.17, 15) is 5.11 Å². The molecule has 0 aliphatic heterocycles. The maximum atomic E-state index is 9.73. The van der Waals surface area contributed by atoms with Crippen LogP contribution in [0.15, 0.2) is 0 Å². The molecule has 72 valence electrons. The van der Waals surface area contributed by atoms with Gasteiger partial charge >= 0.3 is 0 Å². The van der Waals surface area contributed by atoms with Crippen LogP contribution < -0.4 is 5.32 Å². The first-order valence-electron chi connectivity index (χ1n) is 5.17. The molecule has 0 spiro atoms. The summed E-state index contributed by atoms with van der Waals surface area (Å²) in [6.07, 6.45) is 4.62. The van der Waals surface area contributed by atoms with Gasteiger partial charge in [-0.15, -0.1) is 0 Å². The summed E-state index contributed by atoms with van der Waals surface area (Å²) in [6, 6.07) is 0.477. The third kappa shape index (κ3) is 2.46. The van der Waals surface area contributed by atoms with Gasteiger partial charge in [-0.05, 0) is 32.2 Å². The summed E-state index contributed by atoms with van der Waals surface area (Å²) in [7, 11) is 0. The van der Waals surface area contributed by atoms with Gasteiger partial charge in [-0.2, -0.15) is 0 Å². The molecule has 0 aromatic heterocycles. The van der Waals surface area contributed by atoms with Crippen molar-refractivity contribution < 1.29 is 5.11 Å². The number of aliphatic hydroxyl groups is 1. The van der Waals surface area contributed by atoms with E-state index in [1.165, 1.54) is 19.3 Å². The average molecular weight is 171 g/mol. The minimum Gasteiger partial charge on any atom is -0.393 e. The van der Waals surface area contributed by atoms with Crippen LogP contribution in [0.2, 0.25) is 0 Å². The predicted molar refractivity (Wildman–Crippen MR) is 51.1 cm³/mol. The molecule has 1 aliphatic carbocycles. The summed E-state index contributed by atoms with van der Waals surface area (Å²) in [5, 5.41) is 13.1. The first-order chi connectivity index (χ1) is 5.75. The number of hydrogen-bond donors (Lipinski definition) is 2. The van der Waals surface area contributed by atoms with Crippen molar-refractivity contribution in [2.45, 2.75) is 51.7 Å². The SMILES string of the molecule is CCNC(C)[C@@H]1CCCC[C@H]1O. The highest BCUT2D eigenvalue weighted by molar-refractivity contribution is 4.81. The maximum Gasteiger partial charge on any atom is 0.0583 e. The third-order valence-corrected chi connectivity index (χ3v) is 2.95. The zero-order valence-corrected chi connectivity index (χ0v) is 8.21. The van der Waals surface area contributed by atoms with Crippen LogP contribution in [0.1, 0.15) is 39.5 Å². The molecule has 0 amide bonds. The second-order valence-electron chi connectivity index (χ2n) is 3.86. The van der Waals surface area contributed by atoms with Crippen LogP contribution in [0.25, 0.3) is 0 Å². The standard InChI is InChI=1S/C10H21NO/c1-3-11-8(2)9-6-4-5-7-10(9)12/h8-12H,3-7H2,1-2H3/t8?,9-,10+/m0/s1. The van der Waals surface area contributed by atoms with Crippen LogP contribution in [0.5, 0.6) is 0 Å². The lowest BCUT2D eigenvalue weighted by molar-refractivity contribution is 0.0522. The van der Waals surface area contributed by atoms with E-state index in [1.54, 1.807) is 0 Å². The van der Waals surface area contributed by atoms with E-state index in [-0.39, 0.29) is 6.10 Å². The van der Waals surface area contributed by atoms with Crippen LogP contribution >= 0.6 is 0 Å². The molecule has 1 aliphatic rings. The second kappa shape index (κ2) is 4.83. The van der Waals surface area contributed by atoms with Crippen LogP contribution in [-0.4, -0.2) is 23.8 Å². The lowest BCUT2D eigenvalue weighted by atomic mass is 9.82. The van der Waals surface area contributed by atoms with E-state index in [4.69, 9.17) is 0 Å². The molecule has 0 aromatic rings. The largest absolute Gasteiger partial charge is 0.393 e. The molecule has 2 heteroatoms. The molecule has 0 radical (unpaired) electrons. The lowest BCUT2D eigenvalue weighted by Crippen LogP contribution is -2.41. The Balaban J connectivity index is 2.36. The van der Waals surface area contributed by atoms with E-state index in [2.05, 4.69) is 19.2 Å². The molecule has 0 heterocycles. The van der Waals surface area contributed by atoms with Crippen LogP contribution in [0, 0.1) is 5.92 Å². The van der Waals surface area contributed by atoms with Crippen LogP contribution in [0.4, 0.5) is 0 Å². The fourth-order valence-corrected chi connectivity index (χ4v) is 2.20. The Bertz CT molecular complexity index is 127. The molecule has 1 fully saturated rings. The first-order valence-corrected chi connectivity index (χ1v) is 5.17. The smallest absolute Gasteiger partial charge is 0.0583 e. The molecule has 3 atom stereocenters. The predicted octanol–water partition coefficient (Wildman–Crippen LogP) is 1.54. The summed E-state index contributed by atoms with van der Waals surface area (Å²) < 4.78 is 0. The summed E-state index contributed by atoms with van der Waals surface area (Å²) in [4.78, 5) is 0. The van der Waals surface area contributed by atoms with Gasteiger partial charge in [0.25, 0.3) is 0 Å². The monoisotopic (exact) mass is 171 g/mol. The molecule has 12 heavy (non-hydrogen) atoms. The van der Waals surface area contributed by atoms with Crippen molar-refractivity contribution in [2.24, 2.45) is 5.92 Å².